The van der Waals surface area contributed by atoms with Crippen LogP contribution in [0.15, 0.2) is 40.7 Å². The number of sulfonamides is 1. The van der Waals surface area contributed by atoms with Crippen molar-refractivity contribution in [1.82, 2.24) is 9.29 Å². The van der Waals surface area contributed by atoms with Gasteiger partial charge in [-0.3, -0.25) is 10.1 Å². The largest absolute Gasteiger partial charge is 0.298 e. The van der Waals surface area contributed by atoms with Crippen molar-refractivity contribution < 1.29 is 13.2 Å². The van der Waals surface area contributed by atoms with Crippen molar-refractivity contribution in [3.8, 4) is 0 Å². The summed E-state index contributed by atoms with van der Waals surface area (Å²) in [6, 6.07) is 6.17. The quantitative estimate of drug-likeness (QED) is 0.885. The third kappa shape index (κ3) is 4.08. The first-order valence-electron chi connectivity index (χ1n) is 8.17. The number of carbonyl (C=O) groups is 1. The van der Waals surface area contributed by atoms with Crippen molar-refractivity contribution >= 4 is 32.4 Å². The summed E-state index contributed by atoms with van der Waals surface area (Å²) in [6.07, 6.45) is 2.63. The summed E-state index contributed by atoms with van der Waals surface area (Å²) in [5, 5.41) is 4.91. The van der Waals surface area contributed by atoms with Gasteiger partial charge in [0.2, 0.25) is 10.0 Å². The maximum Gasteiger partial charge on any atom is 0.257 e. The third-order valence-electron chi connectivity index (χ3n) is 4.22. The lowest BCUT2D eigenvalue weighted by Crippen LogP contribution is -2.42. The number of nitrogens with zero attached hydrogens (tertiary/aromatic N) is 2. The summed E-state index contributed by atoms with van der Waals surface area (Å²) >= 11 is 1.31. The molecular formula is C17H21N3O3S2. The van der Waals surface area contributed by atoms with Gasteiger partial charge >= 0.3 is 0 Å². The molecule has 2 aromatic rings. The lowest BCUT2D eigenvalue weighted by molar-refractivity contribution is 0.102. The Bertz CT molecular complexity index is 840. The van der Waals surface area contributed by atoms with Crippen LogP contribution in [0.25, 0.3) is 0 Å². The second kappa shape index (κ2) is 7.23. The van der Waals surface area contributed by atoms with E-state index in [2.05, 4.69) is 24.1 Å². The van der Waals surface area contributed by atoms with Gasteiger partial charge < -0.3 is 0 Å². The molecule has 0 radical (unpaired) electrons. The molecule has 134 valence electrons. The number of anilines is 1. The van der Waals surface area contributed by atoms with Crippen molar-refractivity contribution in [3.05, 3.63) is 41.4 Å². The molecule has 6 nitrogen and oxygen atoms in total. The maximum absolute atomic E-state index is 13.0. The van der Waals surface area contributed by atoms with Crippen molar-refractivity contribution in [2.45, 2.75) is 25.2 Å². The van der Waals surface area contributed by atoms with Gasteiger partial charge in [-0.2, -0.15) is 4.31 Å². The molecule has 1 N–H and O–H groups in total. The van der Waals surface area contributed by atoms with Gasteiger partial charge in [0, 0.05) is 30.2 Å². The van der Waals surface area contributed by atoms with E-state index in [0.29, 0.717) is 35.6 Å². The minimum atomic E-state index is -3.61. The summed E-state index contributed by atoms with van der Waals surface area (Å²) in [4.78, 5) is 16.5. The average Bonchev–Trinajstić information content (AvgIpc) is 3.07. The van der Waals surface area contributed by atoms with E-state index in [9.17, 15) is 13.2 Å². The number of carbonyl (C=O) groups excluding carboxylic acids is 1. The highest BCUT2D eigenvalue weighted by atomic mass is 32.2. The van der Waals surface area contributed by atoms with Gasteiger partial charge in [0.15, 0.2) is 5.13 Å². The first-order chi connectivity index (χ1) is 11.9. The zero-order valence-corrected chi connectivity index (χ0v) is 15.8. The zero-order valence-electron chi connectivity index (χ0n) is 14.2. The average molecular weight is 380 g/mol. The molecule has 8 heteroatoms. The zero-order chi connectivity index (χ0) is 18.0. The molecule has 1 fully saturated rings. The Labute approximate surface area is 151 Å². The van der Waals surface area contributed by atoms with E-state index < -0.39 is 10.0 Å². The van der Waals surface area contributed by atoms with Gasteiger partial charge in [-0.15, -0.1) is 11.3 Å². The van der Waals surface area contributed by atoms with Crippen molar-refractivity contribution in [1.29, 1.82) is 0 Å². The number of rotatable bonds is 4. The van der Waals surface area contributed by atoms with Gasteiger partial charge in [-0.05, 0) is 36.5 Å². The summed E-state index contributed by atoms with van der Waals surface area (Å²) < 4.78 is 27.4. The van der Waals surface area contributed by atoms with Gasteiger partial charge in [-0.25, -0.2) is 13.4 Å². The van der Waals surface area contributed by atoms with E-state index in [1.807, 2.05) is 0 Å². The molecule has 2 unspecified atom stereocenters. The van der Waals surface area contributed by atoms with E-state index in [4.69, 9.17) is 0 Å². The summed E-state index contributed by atoms with van der Waals surface area (Å²) in [5.41, 5.74) is 0.300. The van der Waals surface area contributed by atoms with E-state index in [1.54, 1.807) is 29.8 Å². The predicted octanol–water partition coefficient (Wildman–Crippen LogP) is 3.06. The molecule has 0 saturated carbocycles. The number of thiazole rings is 1. The van der Waals surface area contributed by atoms with Crippen LogP contribution in [0.2, 0.25) is 0 Å². The number of hydrogen-bond donors (Lipinski definition) is 1. The van der Waals surface area contributed by atoms with Crippen LogP contribution in [0, 0.1) is 11.8 Å². The highest BCUT2D eigenvalue weighted by molar-refractivity contribution is 7.89. The lowest BCUT2D eigenvalue weighted by atomic mass is 9.94. The van der Waals surface area contributed by atoms with Crippen molar-refractivity contribution in [2.24, 2.45) is 11.8 Å². The van der Waals surface area contributed by atoms with Crippen LogP contribution < -0.4 is 5.32 Å². The first kappa shape index (κ1) is 18.0. The minimum absolute atomic E-state index is 0.153. The number of piperidine rings is 1. The van der Waals surface area contributed by atoms with E-state index in [0.717, 1.165) is 6.42 Å². The molecule has 1 aliphatic heterocycles. The molecule has 0 bridgehead atoms. The van der Waals surface area contributed by atoms with Gasteiger partial charge in [0.25, 0.3) is 5.91 Å². The Morgan fingerprint density at radius 1 is 1.28 bits per heavy atom. The third-order valence-corrected chi connectivity index (χ3v) is 6.74. The van der Waals surface area contributed by atoms with Crippen LogP contribution in [0.1, 0.15) is 30.6 Å². The Hall–Kier alpha value is -1.77. The van der Waals surface area contributed by atoms with E-state index >= 15 is 0 Å². The Morgan fingerprint density at radius 2 is 2.00 bits per heavy atom. The molecule has 25 heavy (non-hydrogen) atoms. The summed E-state index contributed by atoms with van der Waals surface area (Å²) in [5.74, 6) is 0.289. The minimum Gasteiger partial charge on any atom is -0.298 e. The molecule has 1 saturated heterocycles. The smallest absolute Gasteiger partial charge is 0.257 e. The Balaban J connectivity index is 1.83. The topological polar surface area (TPSA) is 79.4 Å². The Morgan fingerprint density at radius 3 is 2.64 bits per heavy atom. The molecule has 1 aliphatic rings. The highest BCUT2D eigenvalue weighted by Crippen LogP contribution is 2.27. The van der Waals surface area contributed by atoms with Gasteiger partial charge in [0.05, 0.1) is 4.90 Å². The molecule has 1 aromatic heterocycles. The van der Waals surface area contributed by atoms with Crippen LogP contribution >= 0.6 is 11.3 Å². The van der Waals surface area contributed by atoms with Crippen molar-refractivity contribution in [3.63, 3.8) is 0 Å². The summed E-state index contributed by atoms with van der Waals surface area (Å²) in [6.45, 7) is 5.16. The lowest BCUT2D eigenvalue weighted by Gasteiger charge is -2.34. The predicted molar refractivity (Wildman–Crippen MR) is 98.2 cm³/mol. The molecule has 0 aliphatic carbocycles. The molecule has 2 atom stereocenters. The fourth-order valence-electron chi connectivity index (χ4n) is 3.20. The van der Waals surface area contributed by atoms with Crippen LogP contribution in [-0.4, -0.2) is 36.7 Å². The standard InChI is InChI=1S/C17H21N3O3S2/c1-12-8-13(2)11-20(10-12)25(22,23)15-5-3-4-14(9-15)16(21)19-17-18-6-7-24-17/h3-7,9,12-13H,8,10-11H2,1-2H3,(H,18,19,21). The monoisotopic (exact) mass is 379 g/mol. The second-order valence-electron chi connectivity index (χ2n) is 6.59. The highest BCUT2D eigenvalue weighted by Gasteiger charge is 2.31. The van der Waals surface area contributed by atoms with Crippen LogP contribution in [-0.2, 0) is 10.0 Å². The molecular weight excluding hydrogens is 358 g/mol. The second-order valence-corrected chi connectivity index (χ2v) is 9.42. The van der Waals surface area contributed by atoms with Crippen LogP contribution in [0.4, 0.5) is 5.13 Å². The fourth-order valence-corrected chi connectivity index (χ4v) is 5.45. The van der Waals surface area contributed by atoms with Gasteiger partial charge in [0.1, 0.15) is 0 Å². The number of benzene rings is 1. The number of nitrogens with one attached hydrogen (secondary N) is 1. The SMILES string of the molecule is CC1CC(C)CN(S(=O)(=O)c2cccc(C(=O)Nc3nccs3)c2)C1. The van der Waals surface area contributed by atoms with Gasteiger partial charge in [-0.1, -0.05) is 19.9 Å². The normalized spacial score (nSPS) is 21.8. The molecule has 0 spiro atoms. The number of aromatic nitrogens is 1. The van der Waals surface area contributed by atoms with Crippen molar-refractivity contribution in [2.75, 3.05) is 18.4 Å². The van der Waals surface area contributed by atoms with Crippen LogP contribution in [0.5, 0.6) is 0 Å². The fraction of sp³-hybridized carbons (Fsp3) is 0.412. The van der Waals surface area contributed by atoms with Crippen LogP contribution in [0.3, 0.4) is 0 Å². The number of amides is 1. The molecule has 1 amide bonds. The Kier molecular flexibility index (Phi) is 5.21. The molecule has 1 aromatic carbocycles. The summed E-state index contributed by atoms with van der Waals surface area (Å²) in [7, 11) is -3.61. The van der Waals surface area contributed by atoms with E-state index in [1.165, 1.54) is 21.7 Å². The molecule has 2 heterocycles. The number of hydrogen-bond acceptors (Lipinski definition) is 5. The first-order valence-corrected chi connectivity index (χ1v) is 10.5. The maximum atomic E-state index is 13.0. The van der Waals surface area contributed by atoms with E-state index in [-0.39, 0.29) is 10.8 Å². The molecule has 3 rings (SSSR count).